The van der Waals surface area contributed by atoms with Crippen molar-refractivity contribution in [2.75, 3.05) is 6.61 Å². The van der Waals surface area contributed by atoms with Crippen LogP contribution in [-0.4, -0.2) is 43.5 Å². The zero-order valence-electron chi connectivity index (χ0n) is 19.3. The van der Waals surface area contributed by atoms with Gasteiger partial charge in [-0.25, -0.2) is 0 Å². The first-order chi connectivity index (χ1) is 15.7. The minimum absolute atomic E-state index is 0.225. The van der Waals surface area contributed by atoms with E-state index >= 15 is 0 Å². The van der Waals surface area contributed by atoms with Gasteiger partial charge in [0.25, 0.3) is 11.5 Å². The Kier molecular flexibility index (Phi) is 5.45. The van der Waals surface area contributed by atoms with Crippen LogP contribution in [0.2, 0.25) is 0 Å². The van der Waals surface area contributed by atoms with E-state index in [1.165, 1.54) is 35.4 Å². The lowest BCUT2D eigenvalue weighted by molar-refractivity contribution is -0.141. The molecule has 4 fully saturated rings. The molecule has 9 heteroatoms. The molecule has 178 valence electrons. The predicted octanol–water partition coefficient (Wildman–Crippen LogP) is 2.48. The van der Waals surface area contributed by atoms with Crippen LogP contribution in [0.15, 0.2) is 11.0 Å². The number of fused-ring (bicyclic) bond motifs is 1. The Morgan fingerprint density at radius 2 is 1.82 bits per heavy atom. The van der Waals surface area contributed by atoms with Crippen molar-refractivity contribution in [2.24, 2.45) is 24.8 Å². The number of carbonyl (C=O) groups is 2. The van der Waals surface area contributed by atoms with Crippen LogP contribution in [0.4, 0.5) is 0 Å². The van der Waals surface area contributed by atoms with Gasteiger partial charge in [0.2, 0.25) is 0 Å². The van der Waals surface area contributed by atoms with Crippen molar-refractivity contribution in [2.45, 2.75) is 70.4 Å². The van der Waals surface area contributed by atoms with Crippen molar-refractivity contribution in [1.29, 1.82) is 0 Å². The number of aromatic nitrogens is 3. The third-order valence-corrected chi connectivity index (χ3v) is 7.75. The van der Waals surface area contributed by atoms with Gasteiger partial charge >= 0.3 is 5.97 Å². The van der Waals surface area contributed by atoms with Crippen LogP contribution in [0.5, 0.6) is 5.75 Å². The average Bonchev–Trinajstić information content (AvgIpc) is 3.10. The number of rotatable bonds is 7. The van der Waals surface area contributed by atoms with Crippen molar-refractivity contribution in [3.63, 3.8) is 0 Å². The van der Waals surface area contributed by atoms with E-state index in [-0.39, 0.29) is 34.9 Å². The summed E-state index contributed by atoms with van der Waals surface area (Å²) in [6.07, 6.45) is 9.47. The Morgan fingerprint density at radius 1 is 1.18 bits per heavy atom. The highest BCUT2D eigenvalue weighted by Crippen LogP contribution is 2.55. The molecule has 2 N–H and O–H groups in total. The van der Waals surface area contributed by atoms with Crippen LogP contribution in [-0.2, 0) is 23.1 Å². The number of unbranched alkanes of at least 4 members (excludes halogenated alkanes) is 1. The maximum absolute atomic E-state index is 13.4. The summed E-state index contributed by atoms with van der Waals surface area (Å²) in [4.78, 5) is 37.8. The lowest BCUT2D eigenvalue weighted by Gasteiger charge is -2.56. The van der Waals surface area contributed by atoms with E-state index < -0.39 is 11.5 Å². The first kappa shape index (κ1) is 22.0. The minimum Gasteiger partial charge on any atom is -0.505 e. The van der Waals surface area contributed by atoms with Crippen LogP contribution in [0.25, 0.3) is 11.0 Å². The molecule has 0 radical (unpaired) electrons. The van der Waals surface area contributed by atoms with Crippen LogP contribution < -0.4 is 10.9 Å². The molecule has 0 atom stereocenters. The largest absolute Gasteiger partial charge is 0.505 e. The molecule has 4 saturated carbocycles. The summed E-state index contributed by atoms with van der Waals surface area (Å²) < 4.78 is 8.00. The number of pyridine rings is 1. The van der Waals surface area contributed by atoms with Crippen molar-refractivity contribution >= 4 is 22.9 Å². The van der Waals surface area contributed by atoms with Gasteiger partial charge in [0, 0.05) is 32.3 Å². The Bertz CT molecular complexity index is 1130. The minimum atomic E-state index is -0.511. The van der Waals surface area contributed by atoms with E-state index in [0.717, 1.165) is 19.3 Å². The molecule has 0 aliphatic heterocycles. The van der Waals surface area contributed by atoms with Gasteiger partial charge in [-0.3, -0.25) is 19.1 Å². The highest BCUT2D eigenvalue weighted by Gasteiger charge is 2.51. The molecule has 0 saturated heterocycles. The van der Waals surface area contributed by atoms with Gasteiger partial charge in [-0.1, -0.05) is 0 Å². The summed E-state index contributed by atoms with van der Waals surface area (Å²) >= 11 is 0. The van der Waals surface area contributed by atoms with Crippen LogP contribution in [0.3, 0.4) is 0 Å². The summed E-state index contributed by atoms with van der Waals surface area (Å²) in [6, 6.07) is 0. The molecule has 0 spiro atoms. The maximum atomic E-state index is 13.4. The lowest BCUT2D eigenvalue weighted by atomic mass is 9.53. The van der Waals surface area contributed by atoms with Gasteiger partial charge in [0.05, 0.1) is 12.1 Å². The molecule has 2 aromatic heterocycles. The number of ether oxygens (including phenoxy) is 1. The second kappa shape index (κ2) is 8.18. The van der Waals surface area contributed by atoms with Gasteiger partial charge in [-0.15, -0.1) is 0 Å². The fourth-order valence-corrected chi connectivity index (χ4v) is 6.89. The molecular formula is C24H32N4O5. The summed E-state index contributed by atoms with van der Waals surface area (Å²) in [5, 5.41) is 18.4. The molecule has 2 aromatic rings. The quantitative estimate of drug-likeness (QED) is 0.489. The van der Waals surface area contributed by atoms with Crippen LogP contribution in [0, 0.1) is 17.8 Å². The number of hydrogen-bond acceptors (Lipinski definition) is 6. The SMILES string of the molecule is CC(=O)OCCCCn1c(=O)c(C(=O)NC23CC4CC(CC(C4)C2)C3)c(O)c2nn(C)cc21. The number of hydrogen-bond donors (Lipinski definition) is 2. The van der Waals surface area contributed by atoms with E-state index in [2.05, 4.69) is 10.4 Å². The van der Waals surface area contributed by atoms with Gasteiger partial charge < -0.3 is 19.7 Å². The number of carbonyl (C=O) groups excluding carboxylic acids is 2. The molecule has 4 aliphatic carbocycles. The molecule has 4 bridgehead atoms. The summed E-state index contributed by atoms with van der Waals surface area (Å²) in [5.74, 6) is 0.761. The molecule has 0 aromatic carbocycles. The second-order valence-electron chi connectivity index (χ2n) is 10.4. The number of esters is 1. The zero-order valence-corrected chi connectivity index (χ0v) is 19.3. The predicted molar refractivity (Wildman–Crippen MR) is 121 cm³/mol. The topological polar surface area (TPSA) is 115 Å². The average molecular weight is 457 g/mol. The van der Waals surface area contributed by atoms with E-state index in [0.29, 0.717) is 42.7 Å². The zero-order chi connectivity index (χ0) is 23.3. The van der Waals surface area contributed by atoms with Gasteiger partial charge in [0.15, 0.2) is 11.3 Å². The van der Waals surface area contributed by atoms with Gasteiger partial charge in [-0.05, 0) is 69.1 Å². The summed E-state index contributed by atoms with van der Waals surface area (Å²) in [5.41, 5.74) is -0.273. The first-order valence-electron chi connectivity index (χ1n) is 12.0. The number of nitrogens with zero attached hydrogens (tertiary/aromatic N) is 3. The second-order valence-corrected chi connectivity index (χ2v) is 10.4. The van der Waals surface area contributed by atoms with Gasteiger partial charge in [0.1, 0.15) is 5.56 Å². The van der Waals surface area contributed by atoms with Gasteiger partial charge in [-0.2, -0.15) is 5.10 Å². The van der Waals surface area contributed by atoms with Crippen LogP contribution >= 0.6 is 0 Å². The number of aryl methyl sites for hydroxylation is 2. The standard InChI is InChI=1S/C24H32N4O5/c1-14(29)33-6-4-3-5-28-18-13-27(2)26-20(18)21(30)19(23(28)32)22(31)25-24-10-15-7-16(11-24)9-17(8-15)12-24/h13,15-17,30H,3-12H2,1-2H3,(H,25,31). The summed E-state index contributed by atoms with van der Waals surface area (Å²) in [6.45, 7) is 1.97. The molecule has 2 heterocycles. The molecule has 9 nitrogen and oxygen atoms in total. The lowest BCUT2D eigenvalue weighted by Crippen LogP contribution is -2.60. The number of nitrogens with one attached hydrogen (secondary N) is 1. The molecule has 4 aliphatic rings. The van der Waals surface area contributed by atoms with Crippen molar-refractivity contribution in [1.82, 2.24) is 19.7 Å². The molecule has 0 unspecified atom stereocenters. The van der Waals surface area contributed by atoms with E-state index in [1.807, 2.05) is 0 Å². The third kappa shape index (κ3) is 4.02. The molecule has 33 heavy (non-hydrogen) atoms. The highest BCUT2D eigenvalue weighted by molar-refractivity contribution is 6.01. The molecular weight excluding hydrogens is 424 g/mol. The number of aromatic hydroxyl groups is 1. The highest BCUT2D eigenvalue weighted by atomic mass is 16.5. The van der Waals surface area contributed by atoms with Crippen molar-refractivity contribution in [3.05, 3.63) is 22.1 Å². The molecule has 6 rings (SSSR count). The van der Waals surface area contributed by atoms with E-state index in [1.54, 1.807) is 13.2 Å². The smallest absolute Gasteiger partial charge is 0.302 e. The summed E-state index contributed by atoms with van der Waals surface area (Å²) in [7, 11) is 1.71. The Balaban J connectivity index is 1.43. The van der Waals surface area contributed by atoms with E-state index in [4.69, 9.17) is 4.74 Å². The monoisotopic (exact) mass is 456 g/mol. The van der Waals surface area contributed by atoms with Crippen molar-refractivity contribution in [3.8, 4) is 5.75 Å². The maximum Gasteiger partial charge on any atom is 0.302 e. The third-order valence-electron chi connectivity index (χ3n) is 7.75. The first-order valence-corrected chi connectivity index (χ1v) is 12.0. The normalized spacial score (nSPS) is 27.8. The van der Waals surface area contributed by atoms with Crippen molar-refractivity contribution < 1.29 is 19.4 Å². The van der Waals surface area contributed by atoms with Crippen LogP contribution in [0.1, 0.15) is 68.6 Å². The Hall–Kier alpha value is -2.84. The molecule has 1 amide bonds. The number of amides is 1. The van der Waals surface area contributed by atoms with E-state index in [9.17, 15) is 19.5 Å². The Morgan fingerprint density at radius 3 is 2.42 bits per heavy atom. The Labute approximate surface area is 192 Å². The fourth-order valence-electron chi connectivity index (χ4n) is 6.89. The fraction of sp³-hybridized carbons (Fsp3) is 0.667.